The molecule has 0 N–H and O–H groups in total. The lowest BCUT2D eigenvalue weighted by atomic mass is 10.4. The van der Waals surface area contributed by atoms with Gasteiger partial charge in [0.05, 0.1) is 7.05 Å². The summed E-state index contributed by atoms with van der Waals surface area (Å²) < 4.78 is 24.5. The number of quaternary nitrogens is 1. The molecule has 6 amide bonds. The molecule has 8 heteroatoms. The molecule has 1 heterocycles. The number of hydrogen-bond donors (Lipinski definition) is 0. The van der Waals surface area contributed by atoms with Crippen molar-refractivity contribution in [3.05, 3.63) is 12.7 Å². The van der Waals surface area contributed by atoms with E-state index in [2.05, 4.69) is 6.58 Å². The van der Waals surface area contributed by atoms with Gasteiger partial charge in [-0.3, -0.25) is 0 Å². The first-order valence-electron chi connectivity index (χ1n) is 3.87. The van der Waals surface area contributed by atoms with Crippen LogP contribution in [0.15, 0.2) is 12.7 Å². The first-order valence-corrected chi connectivity index (χ1v) is 3.87. The van der Waals surface area contributed by atoms with Crippen molar-refractivity contribution < 1.29 is 27.8 Å². The van der Waals surface area contributed by atoms with Crippen LogP contribution in [0.4, 0.5) is 23.3 Å². The van der Waals surface area contributed by atoms with Crippen LogP contribution in [0.2, 0.25) is 0 Å². The van der Waals surface area contributed by atoms with Gasteiger partial charge in [0.2, 0.25) is 0 Å². The molecule has 6 nitrogen and oxygen atoms in total. The topological polar surface area (TPSA) is 57.7 Å². The fraction of sp³-hybridized carbons (Fsp3) is 0.286. The van der Waals surface area contributed by atoms with Gasteiger partial charge in [-0.05, 0) is 16.3 Å². The van der Waals surface area contributed by atoms with Crippen molar-refractivity contribution >= 4 is 18.1 Å². The number of amides is 6. The second-order valence-corrected chi connectivity index (χ2v) is 3.07. The van der Waals surface area contributed by atoms with Crippen LogP contribution in [0.3, 0.4) is 0 Å². The van der Waals surface area contributed by atoms with Crippen LogP contribution < -0.4 is 0 Å². The molecule has 0 bridgehead atoms. The summed E-state index contributed by atoms with van der Waals surface area (Å²) in [7, 11) is 0.984. The Hall–Kier alpha value is -1.83. The molecule has 0 saturated carbocycles. The van der Waals surface area contributed by atoms with Crippen molar-refractivity contribution in [3.63, 3.8) is 0 Å². The number of likely N-dealkylation sites (N-methyl/N-ethyl adjacent to an activating group) is 1. The highest BCUT2D eigenvalue weighted by molar-refractivity contribution is 6.03. The van der Waals surface area contributed by atoms with E-state index in [9.17, 15) is 23.3 Å². The molecule has 0 aromatic heterocycles. The summed E-state index contributed by atoms with van der Waals surface area (Å²) in [5.74, 6) is 0. The third-order valence-corrected chi connectivity index (χ3v) is 2.01. The minimum atomic E-state index is -1.94. The van der Waals surface area contributed by atoms with Gasteiger partial charge in [0.15, 0.2) is 0 Å². The van der Waals surface area contributed by atoms with Gasteiger partial charge in [0, 0.05) is 0 Å². The predicted molar refractivity (Wildman–Crippen MR) is 43.3 cm³/mol. The maximum Gasteiger partial charge on any atom is 0.465 e. The van der Waals surface area contributed by atoms with E-state index < -0.39 is 32.8 Å². The predicted octanol–water partition coefficient (Wildman–Crippen LogP) is 1.37. The largest absolute Gasteiger partial charge is 0.465 e. The van der Waals surface area contributed by atoms with Crippen LogP contribution in [-0.4, -0.2) is 46.4 Å². The molecule has 0 spiro atoms. The van der Waals surface area contributed by atoms with Crippen LogP contribution in [0, 0.1) is 0 Å². The van der Waals surface area contributed by atoms with E-state index in [-0.39, 0.29) is 6.54 Å². The molecular weight excluding hydrogens is 212 g/mol. The lowest BCUT2D eigenvalue weighted by molar-refractivity contribution is -0.753. The zero-order chi connectivity index (χ0) is 11.8. The van der Waals surface area contributed by atoms with Gasteiger partial charge in [-0.25, -0.2) is 14.4 Å². The van der Waals surface area contributed by atoms with Crippen molar-refractivity contribution in [3.8, 4) is 0 Å². The molecule has 0 unspecified atom stereocenters. The summed E-state index contributed by atoms with van der Waals surface area (Å²) >= 11 is 0. The number of halogens is 2. The van der Waals surface area contributed by atoms with Gasteiger partial charge in [0.1, 0.15) is 6.54 Å². The quantitative estimate of drug-likeness (QED) is 0.401. The fourth-order valence-electron chi connectivity index (χ4n) is 1.12. The van der Waals surface area contributed by atoms with Crippen molar-refractivity contribution in [2.45, 2.75) is 0 Å². The number of nitrogens with zero attached hydrogens (tertiary/aromatic N) is 3. The number of imide groups is 3. The van der Waals surface area contributed by atoms with Crippen molar-refractivity contribution in [2.24, 2.45) is 0 Å². The van der Waals surface area contributed by atoms with E-state index in [1.54, 1.807) is 0 Å². The smallest absolute Gasteiger partial charge is 0.242 e. The lowest BCUT2D eigenvalue weighted by Gasteiger charge is -2.33. The van der Waals surface area contributed by atoms with Crippen LogP contribution >= 0.6 is 0 Å². The van der Waals surface area contributed by atoms with Crippen LogP contribution in [0.5, 0.6) is 0 Å². The number of carbonyl (C=O) groups is 3. The van der Waals surface area contributed by atoms with E-state index in [0.717, 1.165) is 13.1 Å². The van der Waals surface area contributed by atoms with E-state index in [4.69, 9.17) is 0 Å². The molecular formula is C7H8F2N3O3+. The molecule has 0 aromatic rings. The number of hydrogen-bond acceptors (Lipinski definition) is 3. The van der Waals surface area contributed by atoms with Gasteiger partial charge in [0.25, 0.3) is 0 Å². The molecule has 0 aromatic carbocycles. The molecule has 1 saturated heterocycles. The number of urea groups is 3. The second-order valence-electron chi connectivity index (χ2n) is 3.07. The average molecular weight is 220 g/mol. The molecule has 0 aliphatic carbocycles. The third-order valence-electron chi connectivity index (χ3n) is 2.01. The minimum Gasteiger partial charge on any atom is -0.242 e. The molecule has 1 fully saturated rings. The van der Waals surface area contributed by atoms with Crippen LogP contribution in [0.1, 0.15) is 0 Å². The Bertz CT molecular complexity index is 333. The Balaban J connectivity index is 3.18. The van der Waals surface area contributed by atoms with Gasteiger partial charge in [-0.2, -0.15) is 4.48 Å². The molecule has 82 valence electrons. The summed E-state index contributed by atoms with van der Waals surface area (Å²) in [4.78, 5) is 33.1. The normalized spacial score (nSPS) is 20.9. The highest BCUT2D eigenvalue weighted by atomic mass is 19.2. The maximum atomic E-state index is 12.9. The summed E-state index contributed by atoms with van der Waals surface area (Å²) in [6, 6.07) is -4.83. The zero-order valence-electron chi connectivity index (χ0n) is 7.81. The Morgan fingerprint density at radius 3 is 2.00 bits per heavy atom. The Morgan fingerprint density at radius 2 is 1.67 bits per heavy atom. The Labute approximate surface area is 83.4 Å². The third kappa shape index (κ3) is 1.38. The SMILES string of the molecule is C=CC[N+]1(C)C(=O)N(F)C(=O)N(F)C1=O. The molecule has 15 heavy (non-hydrogen) atoms. The van der Waals surface area contributed by atoms with E-state index in [1.807, 2.05) is 0 Å². The zero-order valence-corrected chi connectivity index (χ0v) is 7.81. The average Bonchev–Trinajstić information content (AvgIpc) is 2.22. The van der Waals surface area contributed by atoms with Crippen LogP contribution in [0.25, 0.3) is 0 Å². The summed E-state index contributed by atoms with van der Waals surface area (Å²) in [5, 5.41) is -1.88. The van der Waals surface area contributed by atoms with E-state index in [1.165, 1.54) is 0 Å². The summed E-state index contributed by atoms with van der Waals surface area (Å²) in [5.41, 5.74) is 0. The summed E-state index contributed by atoms with van der Waals surface area (Å²) in [6.07, 6.45) is 1.15. The van der Waals surface area contributed by atoms with Gasteiger partial charge in [-0.15, -0.1) is 0 Å². The monoisotopic (exact) mass is 220 g/mol. The van der Waals surface area contributed by atoms with Crippen molar-refractivity contribution in [1.29, 1.82) is 0 Å². The van der Waals surface area contributed by atoms with Gasteiger partial charge in [-0.1, -0.05) is 15.5 Å². The molecule has 0 atom stereocenters. The fourth-order valence-corrected chi connectivity index (χ4v) is 1.12. The van der Waals surface area contributed by atoms with Crippen LogP contribution in [-0.2, 0) is 0 Å². The van der Waals surface area contributed by atoms with Gasteiger partial charge >= 0.3 is 18.1 Å². The van der Waals surface area contributed by atoms with Gasteiger partial charge < -0.3 is 0 Å². The van der Waals surface area contributed by atoms with E-state index >= 15 is 0 Å². The highest BCUT2D eigenvalue weighted by Crippen LogP contribution is 2.22. The lowest BCUT2D eigenvalue weighted by Crippen LogP contribution is -2.68. The molecule has 0 radical (unpaired) electrons. The Kier molecular flexibility index (Phi) is 2.54. The molecule has 1 aliphatic rings. The van der Waals surface area contributed by atoms with Crippen molar-refractivity contribution in [1.82, 2.24) is 10.2 Å². The highest BCUT2D eigenvalue weighted by Gasteiger charge is 2.57. The number of rotatable bonds is 2. The summed E-state index contributed by atoms with van der Waals surface area (Å²) in [6.45, 7) is 2.94. The maximum absolute atomic E-state index is 12.9. The second kappa shape index (κ2) is 3.39. The minimum absolute atomic E-state index is 0.314. The first kappa shape index (κ1) is 11.2. The number of carbonyl (C=O) groups excluding carboxylic acids is 3. The molecule has 1 aliphatic heterocycles. The van der Waals surface area contributed by atoms with E-state index in [0.29, 0.717) is 0 Å². The molecule has 1 rings (SSSR count). The Morgan fingerprint density at radius 1 is 1.27 bits per heavy atom. The first-order chi connectivity index (χ1) is 6.86. The van der Waals surface area contributed by atoms with Crippen molar-refractivity contribution in [2.75, 3.05) is 13.6 Å². The standard InChI is InChI=1S/C7H8F2N3O3/c1-3-4-12(2)6(14)10(8)5(13)11(9)7(12)15/h3H,1,4H2,2H3/q+1.